The van der Waals surface area contributed by atoms with Gasteiger partial charge in [0, 0.05) is 28.8 Å². The summed E-state index contributed by atoms with van der Waals surface area (Å²) in [4.78, 5) is 2.23. The van der Waals surface area contributed by atoms with Crippen LogP contribution >= 0.6 is 15.9 Å². The average Bonchev–Trinajstić information content (AvgIpc) is 2.30. The molecule has 2 rings (SSSR count). The molecule has 0 atom stereocenters. The Bertz CT molecular complexity index is 362. The van der Waals surface area contributed by atoms with Crippen molar-refractivity contribution in [3.63, 3.8) is 0 Å². The van der Waals surface area contributed by atoms with Gasteiger partial charge in [0.2, 0.25) is 0 Å². The molecule has 1 aromatic carbocycles. The Hall–Kier alpha value is -0.580. The Kier molecular flexibility index (Phi) is 3.84. The Morgan fingerprint density at radius 2 is 2.00 bits per heavy atom. The van der Waals surface area contributed by atoms with Crippen LogP contribution in [0.5, 0.6) is 0 Å². The fourth-order valence-corrected chi connectivity index (χ4v) is 2.42. The molecule has 2 N–H and O–H groups in total. The van der Waals surface area contributed by atoms with Gasteiger partial charge in [0.25, 0.3) is 0 Å². The minimum absolute atomic E-state index is 0.0572. The van der Waals surface area contributed by atoms with E-state index in [0.29, 0.717) is 0 Å². The molecule has 1 heterocycles. The Labute approximate surface area is 104 Å². The van der Waals surface area contributed by atoms with Crippen molar-refractivity contribution >= 4 is 21.6 Å². The molecular weight excluding hydrogens is 270 g/mol. The largest absolute Gasteiger partial charge is 0.393 e. The molecule has 3 nitrogen and oxygen atoms in total. The molecule has 0 bridgehead atoms. The van der Waals surface area contributed by atoms with E-state index in [1.165, 1.54) is 0 Å². The molecule has 1 aromatic rings. The summed E-state index contributed by atoms with van der Waals surface area (Å²) in [6, 6.07) is 5.90. The Morgan fingerprint density at radius 3 is 2.62 bits per heavy atom. The summed E-state index contributed by atoms with van der Waals surface area (Å²) in [5, 5.41) is 18.8. The van der Waals surface area contributed by atoms with Gasteiger partial charge in [-0.2, -0.15) is 0 Å². The third-order valence-electron chi connectivity index (χ3n) is 3.02. The van der Waals surface area contributed by atoms with Gasteiger partial charge in [-0.25, -0.2) is 0 Å². The SMILES string of the molecule is OCc1ccc(Br)cc1N1CCC(O)CC1. The second-order valence-electron chi connectivity index (χ2n) is 4.15. The summed E-state index contributed by atoms with van der Waals surface area (Å²) < 4.78 is 1.02. The van der Waals surface area contributed by atoms with Gasteiger partial charge in [0.15, 0.2) is 0 Å². The molecule has 88 valence electrons. The molecule has 0 saturated carbocycles. The van der Waals surface area contributed by atoms with Gasteiger partial charge in [-0.1, -0.05) is 22.0 Å². The lowest BCUT2D eigenvalue weighted by Crippen LogP contribution is -2.36. The van der Waals surface area contributed by atoms with Crippen LogP contribution < -0.4 is 4.90 Å². The molecule has 1 saturated heterocycles. The lowest BCUT2D eigenvalue weighted by atomic mass is 10.1. The number of hydrogen-bond acceptors (Lipinski definition) is 3. The lowest BCUT2D eigenvalue weighted by Gasteiger charge is -2.32. The number of aliphatic hydroxyl groups excluding tert-OH is 2. The summed E-state index contributed by atoms with van der Waals surface area (Å²) in [5.74, 6) is 0. The van der Waals surface area contributed by atoms with E-state index >= 15 is 0 Å². The van der Waals surface area contributed by atoms with E-state index in [4.69, 9.17) is 0 Å². The average molecular weight is 286 g/mol. The number of halogens is 1. The molecule has 0 unspecified atom stereocenters. The molecule has 1 fully saturated rings. The smallest absolute Gasteiger partial charge is 0.0702 e. The zero-order valence-electron chi connectivity index (χ0n) is 9.06. The van der Waals surface area contributed by atoms with Crippen LogP contribution in [-0.4, -0.2) is 29.4 Å². The van der Waals surface area contributed by atoms with Gasteiger partial charge >= 0.3 is 0 Å². The van der Waals surface area contributed by atoms with Crippen LogP contribution in [0.4, 0.5) is 5.69 Å². The summed E-state index contributed by atoms with van der Waals surface area (Å²) in [6.45, 7) is 1.76. The van der Waals surface area contributed by atoms with Crippen LogP contribution in [0, 0.1) is 0 Å². The number of benzene rings is 1. The fourth-order valence-electron chi connectivity index (χ4n) is 2.07. The van der Waals surface area contributed by atoms with Crippen molar-refractivity contribution in [1.82, 2.24) is 0 Å². The first-order valence-corrected chi connectivity index (χ1v) is 6.32. The van der Waals surface area contributed by atoms with Gasteiger partial charge in [0.1, 0.15) is 0 Å². The summed E-state index contributed by atoms with van der Waals surface area (Å²) in [5.41, 5.74) is 2.02. The number of rotatable bonds is 2. The van der Waals surface area contributed by atoms with E-state index in [1.807, 2.05) is 18.2 Å². The maximum Gasteiger partial charge on any atom is 0.0702 e. The molecule has 0 amide bonds. The number of aliphatic hydroxyl groups is 2. The second-order valence-corrected chi connectivity index (χ2v) is 5.07. The Morgan fingerprint density at radius 1 is 1.31 bits per heavy atom. The highest BCUT2D eigenvalue weighted by molar-refractivity contribution is 9.10. The maximum absolute atomic E-state index is 9.47. The molecule has 1 aliphatic rings. The second kappa shape index (κ2) is 5.17. The van der Waals surface area contributed by atoms with Crippen molar-refractivity contribution in [2.24, 2.45) is 0 Å². The van der Waals surface area contributed by atoms with Crippen molar-refractivity contribution in [1.29, 1.82) is 0 Å². The van der Waals surface area contributed by atoms with Crippen molar-refractivity contribution in [2.45, 2.75) is 25.6 Å². The quantitative estimate of drug-likeness (QED) is 0.872. The van der Waals surface area contributed by atoms with Crippen LogP contribution in [-0.2, 0) is 6.61 Å². The third kappa shape index (κ3) is 2.56. The van der Waals surface area contributed by atoms with Gasteiger partial charge in [0.05, 0.1) is 12.7 Å². The topological polar surface area (TPSA) is 43.7 Å². The molecule has 16 heavy (non-hydrogen) atoms. The normalized spacial score (nSPS) is 17.8. The zero-order valence-corrected chi connectivity index (χ0v) is 10.7. The van der Waals surface area contributed by atoms with E-state index in [2.05, 4.69) is 20.8 Å². The van der Waals surface area contributed by atoms with Crippen molar-refractivity contribution in [3.05, 3.63) is 28.2 Å². The minimum atomic E-state index is -0.166. The first-order valence-electron chi connectivity index (χ1n) is 5.53. The number of anilines is 1. The molecule has 0 aliphatic carbocycles. The van der Waals surface area contributed by atoms with Gasteiger partial charge in [-0.3, -0.25) is 0 Å². The first kappa shape index (κ1) is 11.9. The Balaban J connectivity index is 2.21. The highest BCUT2D eigenvalue weighted by Crippen LogP contribution is 2.27. The molecule has 1 aliphatic heterocycles. The third-order valence-corrected chi connectivity index (χ3v) is 3.52. The number of piperidine rings is 1. The van der Waals surface area contributed by atoms with Crippen LogP contribution in [0.1, 0.15) is 18.4 Å². The highest BCUT2D eigenvalue weighted by atomic mass is 79.9. The van der Waals surface area contributed by atoms with Crippen molar-refractivity contribution < 1.29 is 10.2 Å². The van der Waals surface area contributed by atoms with E-state index in [9.17, 15) is 10.2 Å². The van der Waals surface area contributed by atoms with Crippen LogP contribution in [0.25, 0.3) is 0 Å². The number of hydrogen-bond donors (Lipinski definition) is 2. The first-order chi connectivity index (χ1) is 7.70. The molecule has 0 radical (unpaired) electrons. The summed E-state index contributed by atoms with van der Waals surface area (Å²) in [7, 11) is 0. The standard InChI is InChI=1S/C12H16BrNO2/c13-10-2-1-9(8-15)12(7-10)14-5-3-11(16)4-6-14/h1-2,7,11,15-16H,3-6,8H2. The lowest BCUT2D eigenvalue weighted by molar-refractivity contribution is 0.145. The molecular formula is C12H16BrNO2. The monoisotopic (exact) mass is 285 g/mol. The predicted molar refractivity (Wildman–Crippen MR) is 67.5 cm³/mol. The van der Waals surface area contributed by atoms with Gasteiger partial charge in [-0.05, 0) is 25.0 Å². The van der Waals surface area contributed by atoms with Crippen LogP contribution in [0.2, 0.25) is 0 Å². The van der Waals surface area contributed by atoms with Crippen LogP contribution in [0.3, 0.4) is 0 Å². The van der Waals surface area contributed by atoms with E-state index in [0.717, 1.165) is 41.7 Å². The van der Waals surface area contributed by atoms with Crippen molar-refractivity contribution in [2.75, 3.05) is 18.0 Å². The van der Waals surface area contributed by atoms with Gasteiger partial charge in [-0.15, -0.1) is 0 Å². The number of nitrogens with zero attached hydrogens (tertiary/aromatic N) is 1. The highest BCUT2D eigenvalue weighted by Gasteiger charge is 2.19. The fraction of sp³-hybridized carbons (Fsp3) is 0.500. The summed E-state index contributed by atoms with van der Waals surface area (Å²) >= 11 is 3.45. The van der Waals surface area contributed by atoms with Gasteiger partial charge < -0.3 is 15.1 Å². The van der Waals surface area contributed by atoms with Crippen molar-refractivity contribution in [3.8, 4) is 0 Å². The zero-order chi connectivity index (χ0) is 11.5. The minimum Gasteiger partial charge on any atom is -0.393 e. The summed E-state index contributed by atoms with van der Waals surface area (Å²) in [6.07, 6.45) is 1.44. The van der Waals surface area contributed by atoms with E-state index < -0.39 is 0 Å². The molecule has 0 aromatic heterocycles. The predicted octanol–water partition coefficient (Wildman–Crippen LogP) is 1.90. The maximum atomic E-state index is 9.47. The van der Waals surface area contributed by atoms with E-state index in [1.54, 1.807) is 0 Å². The molecule has 0 spiro atoms. The van der Waals surface area contributed by atoms with Crippen LogP contribution in [0.15, 0.2) is 22.7 Å². The molecule has 4 heteroatoms. The van der Waals surface area contributed by atoms with E-state index in [-0.39, 0.29) is 12.7 Å².